The van der Waals surface area contributed by atoms with Gasteiger partial charge in [-0.3, -0.25) is 9.97 Å². The van der Waals surface area contributed by atoms with Gasteiger partial charge in [0, 0.05) is 23.5 Å². The predicted octanol–water partition coefficient (Wildman–Crippen LogP) is 0.0884. The van der Waals surface area contributed by atoms with Crippen LogP contribution in [0.1, 0.15) is 11.1 Å². The number of carbonyl (C=O) groups excluding carboxylic acids is 2. The van der Waals surface area contributed by atoms with Gasteiger partial charge in [-0.1, -0.05) is 12.1 Å². The summed E-state index contributed by atoms with van der Waals surface area (Å²) in [6.07, 6.45) is 3.32. The minimum absolute atomic E-state index is 0.376. The van der Waals surface area contributed by atoms with Crippen LogP contribution >= 0.6 is 0 Å². The van der Waals surface area contributed by atoms with Gasteiger partial charge in [-0.2, -0.15) is 0 Å². The molecule has 5 rings (SSSR count). The molecule has 4 heterocycles. The Hall–Kier alpha value is -3.16. The molecule has 1 aliphatic carbocycles. The highest BCUT2D eigenvalue weighted by molar-refractivity contribution is 5.92. The SMILES string of the molecule is O=C1NC23NC(=O)NC2(N1)c1cccnc1-c1ncccc13. The molecule has 22 heavy (non-hydrogen) atoms. The Balaban J connectivity index is 1.96. The van der Waals surface area contributed by atoms with Gasteiger partial charge < -0.3 is 21.3 Å². The van der Waals surface area contributed by atoms with E-state index >= 15 is 0 Å². The molecule has 2 fully saturated rings. The standard InChI is InChI=1S/C14H10N6O2/c21-11-17-13-7-3-1-5-15-9(7)10-8(4-2-6-16-10)14(13,19-11)20-12(22)18-13/h1-6H,(H2,17,19,21)(H2,18,20,22). The molecule has 4 amide bonds. The lowest BCUT2D eigenvalue weighted by molar-refractivity contribution is 0.204. The zero-order valence-electron chi connectivity index (χ0n) is 11.2. The van der Waals surface area contributed by atoms with Gasteiger partial charge in [0.15, 0.2) is 11.3 Å². The first-order valence-electron chi connectivity index (χ1n) is 6.78. The summed E-state index contributed by atoms with van der Waals surface area (Å²) >= 11 is 0. The van der Waals surface area contributed by atoms with Crippen LogP contribution in [0.15, 0.2) is 36.7 Å². The van der Waals surface area contributed by atoms with Gasteiger partial charge in [-0.25, -0.2) is 9.59 Å². The van der Waals surface area contributed by atoms with Gasteiger partial charge in [0.25, 0.3) is 0 Å². The van der Waals surface area contributed by atoms with Gasteiger partial charge in [0.05, 0.1) is 11.4 Å². The summed E-state index contributed by atoms with van der Waals surface area (Å²) in [7, 11) is 0. The van der Waals surface area contributed by atoms with E-state index in [1.54, 1.807) is 24.5 Å². The number of carbonyl (C=O) groups is 2. The molecule has 0 spiro atoms. The van der Waals surface area contributed by atoms with Crippen molar-refractivity contribution in [2.45, 2.75) is 11.3 Å². The van der Waals surface area contributed by atoms with E-state index in [2.05, 4.69) is 31.2 Å². The lowest BCUT2D eigenvalue weighted by Gasteiger charge is -2.42. The van der Waals surface area contributed by atoms with Gasteiger partial charge in [0.1, 0.15) is 0 Å². The number of fused-ring (bicyclic) bond motifs is 3. The molecule has 0 unspecified atom stereocenters. The van der Waals surface area contributed by atoms with Crippen LogP contribution in [0.4, 0.5) is 9.59 Å². The Morgan fingerprint density at radius 1 is 0.727 bits per heavy atom. The highest BCUT2D eigenvalue weighted by Gasteiger charge is 2.70. The summed E-state index contributed by atoms with van der Waals surface area (Å²) in [6.45, 7) is 0. The highest BCUT2D eigenvalue weighted by Crippen LogP contribution is 2.51. The maximum absolute atomic E-state index is 12.1. The van der Waals surface area contributed by atoms with Crippen molar-refractivity contribution < 1.29 is 9.59 Å². The Morgan fingerprint density at radius 3 is 1.55 bits per heavy atom. The third kappa shape index (κ3) is 1.04. The van der Waals surface area contributed by atoms with E-state index in [0.717, 1.165) is 0 Å². The summed E-state index contributed by atoms with van der Waals surface area (Å²) in [5.74, 6) is 0. The second kappa shape index (κ2) is 3.35. The van der Waals surface area contributed by atoms with Crippen molar-refractivity contribution in [2.24, 2.45) is 0 Å². The van der Waals surface area contributed by atoms with E-state index in [-0.39, 0.29) is 12.1 Å². The number of pyridine rings is 2. The van der Waals surface area contributed by atoms with Crippen molar-refractivity contribution in [1.82, 2.24) is 31.2 Å². The molecule has 8 heteroatoms. The molecule has 0 atom stereocenters. The Labute approximate surface area is 124 Å². The molecule has 8 nitrogen and oxygen atoms in total. The Bertz CT molecular complexity index is 776. The van der Waals surface area contributed by atoms with E-state index in [4.69, 9.17) is 0 Å². The first-order valence-corrected chi connectivity index (χ1v) is 6.78. The lowest BCUT2D eigenvalue weighted by atomic mass is 9.76. The van der Waals surface area contributed by atoms with E-state index in [0.29, 0.717) is 22.5 Å². The van der Waals surface area contributed by atoms with Crippen LogP contribution in [-0.2, 0) is 11.3 Å². The molecule has 2 saturated heterocycles. The molecule has 108 valence electrons. The van der Waals surface area contributed by atoms with Crippen molar-refractivity contribution in [3.05, 3.63) is 47.8 Å². The van der Waals surface area contributed by atoms with Crippen molar-refractivity contribution in [1.29, 1.82) is 0 Å². The van der Waals surface area contributed by atoms with Gasteiger partial charge in [0.2, 0.25) is 0 Å². The van der Waals surface area contributed by atoms with Gasteiger partial charge >= 0.3 is 12.1 Å². The molecular formula is C14H10N6O2. The molecule has 4 N–H and O–H groups in total. The largest absolute Gasteiger partial charge is 0.319 e. The highest BCUT2D eigenvalue weighted by atomic mass is 16.2. The molecule has 0 radical (unpaired) electrons. The number of nitrogens with one attached hydrogen (secondary N) is 4. The first-order chi connectivity index (χ1) is 10.7. The maximum Gasteiger partial charge on any atom is 0.319 e. The van der Waals surface area contributed by atoms with Crippen molar-refractivity contribution in [3.63, 3.8) is 0 Å². The van der Waals surface area contributed by atoms with Gasteiger partial charge in [-0.05, 0) is 12.1 Å². The molecule has 2 aromatic rings. The number of nitrogens with zero attached hydrogens (tertiary/aromatic N) is 2. The summed E-state index contributed by atoms with van der Waals surface area (Å²) < 4.78 is 0. The summed E-state index contributed by atoms with van der Waals surface area (Å²) in [6, 6.07) is 6.44. The minimum Gasteiger partial charge on any atom is -0.307 e. The average molecular weight is 294 g/mol. The monoisotopic (exact) mass is 294 g/mol. The zero-order chi connectivity index (χ0) is 14.9. The molecule has 0 aromatic carbocycles. The van der Waals surface area contributed by atoms with Crippen LogP contribution < -0.4 is 21.3 Å². The van der Waals surface area contributed by atoms with E-state index in [1.165, 1.54) is 0 Å². The first kappa shape index (κ1) is 11.5. The molecule has 3 aliphatic rings. The lowest BCUT2D eigenvalue weighted by Crippen LogP contribution is -2.62. The fourth-order valence-electron chi connectivity index (χ4n) is 3.65. The number of urea groups is 2. The fraction of sp³-hybridized carbons (Fsp3) is 0.143. The average Bonchev–Trinajstić information content (AvgIpc) is 2.96. The summed E-state index contributed by atoms with van der Waals surface area (Å²) in [4.78, 5) is 33.0. The normalized spacial score (nSPS) is 30.0. The quantitative estimate of drug-likeness (QED) is 0.552. The van der Waals surface area contributed by atoms with Crippen LogP contribution in [0.2, 0.25) is 0 Å². The topological polar surface area (TPSA) is 108 Å². The maximum atomic E-state index is 12.1. The summed E-state index contributed by atoms with van der Waals surface area (Å²) in [5, 5.41) is 11.3. The van der Waals surface area contributed by atoms with Crippen LogP contribution in [-0.4, -0.2) is 22.0 Å². The molecule has 2 aliphatic heterocycles. The molecule has 2 aromatic heterocycles. The number of hydrogen-bond acceptors (Lipinski definition) is 4. The van der Waals surface area contributed by atoms with E-state index in [1.807, 2.05) is 12.1 Å². The number of aromatic nitrogens is 2. The minimum atomic E-state index is -1.12. The third-order valence-electron chi connectivity index (χ3n) is 4.41. The van der Waals surface area contributed by atoms with E-state index < -0.39 is 11.3 Å². The van der Waals surface area contributed by atoms with Crippen molar-refractivity contribution in [2.75, 3.05) is 0 Å². The fourth-order valence-corrected chi connectivity index (χ4v) is 3.65. The van der Waals surface area contributed by atoms with Crippen LogP contribution in [0.25, 0.3) is 11.4 Å². The van der Waals surface area contributed by atoms with Crippen LogP contribution in [0.3, 0.4) is 0 Å². The summed E-state index contributed by atoms with van der Waals surface area (Å²) in [5.41, 5.74) is 0.418. The molecule has 0 bridgehead atoms. The number of rotatable bonds is 0. The molecule has 0 saturated carbocycles. The van der Waals surface area contributed by atoms with Crippen LogP contribution in [0.5, 0.6) is 0 Å². The second-order valence-electron chi connectivity index (χ2n) is 5.46. The van der Waals surface area contributed by atoms with Crippen LogP contribution in [0, 0.1) is 0 Å². The Kier molecular flexibility index (Phi) is 1.75. The Morgan fingerprint density at radius 2 is 1.14 bits per heavy atom. The smallest absolute Gasteiger partial charge is 0.307 e. The zero-order valence-corrected chi connectivity index (χ0v) is 11.2. The second-order valence-corrected chi connectivity index (χ2v) is 5.46. The molecular weight excluding hydrogens is 284 g/mol. The van der Waals surface area contributed by atoms with Crippen molar-refractivity contribution in [3.8, 4) is 11.4 Å². The van der Waals surface area contributed by atoms with Gasteiger partial charge in [-0.15, -0.1) is 0 Å². The number of amides is 4. The number of hydrogen-bond donors (Lipinski definition) is 4. The third-order valence-corrected chi connectivity index (χ3v) is 4.41. The van der Waals surface area contributed by atoms with E-state index in [9.17, 15) is 9.59 Å². The predicted molar refractivity (Wildman–Crippen MR) is 74.2 cm³/mol. The van der Waals surface area contributed by atoms with Crippen molar-refractivity contribution >= 4 is 12.1 Å².